The average molecular weight is 286 g/mol. The van der Waals surface area contributed by atoms with Crippen LogP contribution in [0.3, 0.4) is 0 Å². The molecule has 0 radical (unpaired) electrons. The number of rotatable bonds is 5. The normalized spacial score (nSPS) is 11.7. The van der Waals surface area contributed by atoms with Crippen molar-refractivity contribution in [3.63, 3.8) is 0 Å². The van der Waals surface area contributed by atoms with Crippen molar-refractivity contribution in [2.45, 2.75) is 19.9 Å². The summed E-state index contributed by atoms with van der Waals surface area (Å²) in [4.78, 5) is 11.6. The van der Waals surface area contributed by atoms with Gasteiger partial charge in [0.25, 0.3) is 0 Å². The van der Waals surface area contributed by atoms with Crippen LogP contribution in [-0.2, 0) is 14.9 Å². The molecule has 0 heterocycles. The summed E-state index contributed by atoms with van der Waals surface area (Å²) in [5, 5.41) is 0. The Bertz CT molecular complexity index is 555. The second-order valence-electron chi connectivity index (χ2n) is 4.25. The van der Waals surface area contributed by atoms with Crippen molar-refractivity contribution >= 4 is 21.9 Å². The predicted molar refractivity (Wildman–Crippen MR) is 73.2 cm³/mol. The maximum Gasteiger partial charge on any atom is 0.339 e. The molecular weight excluding hydrogens is 268 g/mol. The van der Waals surface area contributed by atoms with Gasteiger partial charge in [-0.05, 0) is 26.0 Å². The molecule has 0 amide bonds. The van der Waals surface area contributed by atoms with Gasteiger partial charge in [-0.1, -0.05) is 12.1 Å². The number of nitrogens with one attached hydrogen (secondary N) is 1. The summed E-state index contributed by atoms with van der Waals surface area (Å²) in [7, 11) is -0.991. The Morgan fingerprint density at radius 2 is 1.89 bits per heavy atom. The van der Waals surface area contributed by atoms with E-state index in [0.717, 1.165) is 0 Å². The third kappa shape index (κ3) is 3.68. The van der Waals surface area contributed by atoms with E-state index in [-0.39, 0.29) is 17.3 Å². The van der Waals surface area contributed by atoms with Crippen molar-refractivity contribution < 1.29 is 17.9 Å². The van der Waals surface area contributed by atoms with Gasteiger partial charge in [0.15, 0.2) is 0 Å². The van der Waals surface area contributed by atoms with E-state index in [0.29, 0.717) is 0 Å². The first-order valence-electron chi connectivity index (χ1n) is 5.72. The van der Waals surface area contributed by atoms with Crippen LogP contribution in [0.15, 0.2) is 24.3 Å². The van der Waals surface area contributed by atoms with Crippen molar-refractivity contribution in [3.8, 4) is 0 Å². The van der Waals surface area contributed by atoms with Crippen LogP contribution in [0.2, 0.25) is 0 Å². The van der Waals surface area contributed by atoms with Gasteiger partial charge >= 0.3 is 16.2 Å². The van der Waals surface area contributed by atoms with Crippen molar-refractivity contribution in [2.24, 2.45) is 0 Å². The third-order valence-electron chi connectivity index (χ3n) is 2.68. The van der Waals surface area contributed by atoms with E-state index >= 15 is 0 Å². The lowest BCUT2D eigenvalue weighted by molar-refractivity contribution is 0.0602. The number of para-hydroxylation sites is 1. The molecule has 0 fully saturated rings. The lowest BCUT2D eigenvalue weighted by atomic mass is 10.2. The second-order valence-corrected chi connectivity index (χ2v) is 5.98. The molecule has 1 aromatic carbocycles. The standard InChI is InChI=1S/C12H18N2O4S/c1-9(2)14(3)19(16,17)13-11-8-6-5-7-10(11)12(15)18-4/h5-9,13H,1-4H3. The van der Waals surface area contributed by atoms with Gasteiger partial charge in [0, 0.05) is 13.1 Å². The van der Waals surface area contributed by atoms with Crippen LogP contribution >= 0.6 is 0 Å². The first kappa shape index (κ1) is 15.5. The zero-order valence-electron chi connectivity index (χ0n) is 11.4. The smallest absolute Gasteiger partial charge is 0.339 e. The van der Waals surface area contributed by atoms with Gasteiger partial charge in [-0.2, -0.15) is 12.7 Å². The summed E-state index contributed by atoms with van der Waals surface area (Å²) in [6.45, 7) is 3.51. The molecule has 19 heavy (non-hydrogen) atoms. The quantitative estimate of drug-likeness (QED) is 0.832. The zero-order chi connectivity index (χ0) is 14.6. The fourth-order valence-electron chi connectivity index (χ4n) is 1.35. The number of ether oxygens (including phenoxy) is 1. The molecule has 0 saturated heterocycles. The van der Waals surface area contributed by atoms with Gasteiger partial charge in [-0.3, -0.25) is 4.72 Å². The van der Waals surface area contributed by atoms with Gasteiger partial charge in [-0.15, -0.1) is 0 Å². The summed E-state index contributed by atoms with van der Waals surface area (Å²) in [5.74, 6) is -0.592. The molecule has 0 atom stereocenters. The van der Waals surface area contributed by atoms with Gasteiger partial charge in [0.2, 0.25) is 0 Å². The van der Waals surface area contributed by atoms with E-state index in [2.05, 4.69) is 9.46 Å². The number of carbonyl (C=O) groups excluding carboxylic acids is 1. The minimum Gasteiger partial charge on any atom is -0.465 e. The molecule has 0 saturated carbocycles. The number of carbonyl (C=O) groups is 1. The second kappa shape index (κ2) is 6.03. The summed E-state index contributed by atoms with van der Waals surface area (Å²) in [5.41, 5.74) is 0.368. The van der Waals surface area contributed by atoms with Crippen molar-refractivity contribution in [1.29, 1.82) is 0 Å². The molecule has 106 valence electrons. The molecule has 0 unspecified atom stereocenters. The number of anilines is 1. The van der Waals surface area contributed by atoms with Crippen LogP contribution in [0.1, 0.15) is 24.2 Å². The van der Waals surface area contributed by atoms with Crippen LogP contribution < -0.4 is 4.72 Å². The molecule has 1 rings (SSSR count). The average Bonchev–Trinajstić information content (AvgIpc) is 2.37. The fourth-order valence-corrected chi connectivity index (χ4v) is 2.50. The van der Waals surface area contributed by atoms with Crippen molar-refractivity contribution in [1.82, 2.24) is 4.31 Å². The molecule has 1 aromatic rings. The summed E-state index contributed by atoms with van der Waals surface area (Å²) in [6, 6.07) is 6.09. The Hall–Kier alpha value is -1.60. The van der Waals surface area contributed by atoms with Crippen LogP contribution in [0.25, 0.3) is 0 Å². The maximum absolute atomic E-state index is 12.1. The van der Waals surface area contributed by atoms with Crippen LogP contribution in [0, 0.1) is 0 Å². The Labute approximate surface area is 113 Å². The Morgan fingerprint density at radius 3 is 2.42 bits per heavy atom. The minimum absolute atomic E-state index is 0.172. The molecule has 0 bridgehead atoms. The summed E-state index contributed by atoms with van der Waals surface area (Å²) >= 11 is 0. The van der Waals surface area contributed by atoms with Crippen molar-refractivity contribution in [3.05, 3.63) is 29.8 Å². The van der Waals surface area contributed by atoms with Gasteiger partial charge in [-0.25, -0.2) is 4.79 Å². The van der Waals surface area contributed by atoms with E-state index in [1.165, 1.54) is 30.6 Å². The molecule has 6 nitrogen and oxygen atoms in total. The molecule has 0 spiro atoms. The predicted octanol–water partition coefficient (Wildman–Crippen LogP) is 1.47. The highest BCUT2D eigenvalue weighted by molar-refractivity contribution is 7.90. The molecule has 1 N–H and O–H groups in total. The number of hydrogen-bond donors (Lipinski definition) is 1. The summed E-state index contributed by atoms with van der Waals surface area (Å²) < 4.78 is 32.3. The van der Waals surface area contributed by atoms with E-state index in [4.69, 9.17) is 0 Å². The lowest BCUT2D eigenvalue weighted by Gasteiger charge is -2.22. The first-order valence-corrected chi connectivity index (χ1v) is 7.16. The Kier molecular flexibility index (Phi) is 4.90. The summed E-state index contributed by atoms with van der Waals surface area (Å²) in [6.07, 6.45) is 0. The Morgan fingerprint density at radius 1 is 1.32 bits per heavy atom. The van der Waals surface area contributed by atoms with Crippen LogP contribution in [-0.4, -0.2) is 38.9 Å². The Balaban J connectivity index is 3.10. The molecule has 0 aromatic heterocycles. The first-order chi connectivity index (χ1) is 8.79. The third-order valence-corrected chi connectivity index (χ3v) is 4.34. The fraction of sp³-hybridized carbons (Fsp3) is 0.417. The minimum atomic E-state index is -3.70. The van der Waals surface area contributed by atoms with E-state index < -0.39 is 16.2 Å². The molecule has 0 aliphatic heterocycles. The highest BCUT2D eigenvalue weighted by Gasteiger charge is 2.22. The van der Waals surface area contributed by atoms with Gasteiger partial charge < -0.3 is 4.74 Å². The van der Waals surface area contributed by atoms with Crippen LogP contribution in [0.5, 0.6) is 0 Å². The number of methoxy groups -OCH3 is 1. The van der Waals surface area contributed by atoms with Gasteiger partial charge in [0.1, 0.15) is 0 Å². The highest BCUT2D eigenvalue weighted by Crippen LogP contribution is 2.18. The molecular formula is C12H18N2O4S. The van der Waals surface area contributed by atoms with Gasteiger partial charge in [0.05, 0.1) is 18.4 Å². The van der Waals surface area contributed by atoms with Crippen LogP contribution in [0.4, 0.5) is 5.69 Å². The number of hydrogen-bond acceptors (Lipinski definition) is 4. The maximum atomic E-state index is 12.1. The largest absolute Gasteiger partial charge is 0.465 e. The number of esters is 1. The number of nitrogens with zero attached hydrogens (tertiary/aromatic N) is 1. The SMILES string of the molecule is COC(=O)c1ccccc1NS(=O)(=O)N(C)C(C)C. The zero-order valence-corrected chi connectivity index (χ0v) is 12.2. The van der Waals surface area contributed by atoms with E-state index in [1.807, 2.05) is 0 Å². The molecule has 0 aliphatic carbocycles. The molecule has 0 aliphatic rings. The van der Waals surface area contributed by atoms with Crippen molar-refractivity contribution in [2.75, 3.05) is 18.9 Å². The molecule has 7 heteroatoms. The topological polar surface area (TPSA) is 75.7 Å². The number of benzene rings is 1. The van der Waals surface area contributed by atoms with E-state index in [1.54, 1.807) is 26.0 Å². The lowest BCUT2D eigenvalue weighted by Crippen LogP contribution is -2.37. The van der Waals surface area contributed by atoms with E-state index in [9.17, 15) is 13.2 Å². The monoisotopic (exact) mass is 286 g/mol. The highest BCUT2D eigenvalue weighted by atomic mass is 32.2.